The van der Waals surface area contributed by atoms with Crippen LogP contribution in [0.2, 0.25) is 0 Å². The summed E-state index contributed by atoms with van der Waals surface area (Å²) < 4.78 is 0. The third kappa shape index (κ3) is 8.45. The number of hydrogen-bond donors (Lipinski definition) is 0. The molecule has 0 fully saturated rings. The lowest BCUT2D eigenvalue weighted by molar-refractivity contribution is 0.557. The van der Waals surface area contributed by atoms with Gasteiger partial charge in [0.1, 0.15) is 0 Å². The Kier molecular flexibility index (Phi) is 10.4. The Bertz CT molecular complexity index is 377. The Morgan fingerprint density at radius 1 is 0.810 bits per heavy atom. The van der Waals surface area contributed by atoms with Crippen LogP contribution in [0.3, 0.4) is 0 Å². The van der Waals surface area contributed by atoms with Gasteiger partial charge in [0.25, 0.3) is 0 Å². The highest BCUT2D eigenvalue weighted by Gasteiger charge is 2.01. The van der Waals surface area contributed by atoms with Crippen LogP contribution in [0.4, 0.5) is 5.69 Å². The molecule has 1 heteroatoms. The summed E-state index contributed by atoms with van der Waals surface area (Å²) in [4.78, 5) is 2.02. The van der Waals surface area contributed by atoms with Crippen molar-refractivity contribution in [3.05, 3.63) is 30.3 Å². The van der Waals surface area contributed by atoms with Crippen LogP contribution in [0.5, 0.6) is 0 Å². The maximum absolute atomic E-state index is 5.60. The molecule has 1 rings (SSSR count). The lowest BCUT2D eigenvalue weighted by atomic mass is 10.1. The second kappa shape index (κ2) is 12.3. The molecule has 0 aliphatic rings. The summed E-state index contributed by atoms with van der Waals surface area (Å²) in [6.45, 7) is 3.24. The molecule has 0 aliphatic heterocycles. The monoisotopic (exact) mass is 285 g/mol. The number of hydrogen-bond acceptors (Lipinski definition) is 1. The van der Waals surface area contributed by atoms with Gasteiger partial charge in [-0.05, 0) is 18.6 Å². The van der Waals surface area contributed by atoms with E-state index in [0.29, 0.717) is 0 Å². The highest BCUT2D eigenvalue weighted by Crippen LogP contribution is 2.14. The molecule has 1 aromatic rings. The van der Waals surface area contributed by atoms with Crippen LogP contribution < -0.4 is 4.90 Å². The van der Waals surface area contributed by atoms with E-state index in [1.807, 2.05) is 23.1 Å². The van der Waals surface area contributed by atoms with Gasteiger partial charge in [-0.25, -0.2) is 0 Å². The minimum absolute atomic E-state index is 0.969. The maximum atomic E-state index is 5.60. The molecule has 1 nitrogen and oxygen atoms in total. The van der Waals surface area contributed by atoms with E-state index >= 15 is 0 Å². The normalized spacial score (nSPS) is 10.3. The van der Waals surface area contributed by atoms with E-state index < -0.39 is 0 Å². The van der Waals surface area contributed by atoms with Gasteiger partial charge < -0.3 is 4.90 Å². The van der Waals surface area contributed by atoms with Crippen molar-refractivity contribution < 1.29 is 0 Å². The molecule has 116 valence electrons. The molecule has 0 N–H and O–H groups in total. The van der Waals surface area contributed by atoms with E-state index in [1.165, 1.54) is 64.2 Å². The van der Waals surface area contributed by atoms with Crippen molar-refractivity contribution in [3.8, 4) is 12.5 Å². The van der Waals surface area contributed by atoms with Crippen LogP contribution in [0.25, 0.3) is 0 Å². The number of unbranched alkanes of at least 4 members (excludes halogenated alkanes) is 9. The molecule has 0 unspecified atom stereocenters. The maximum Gasteiger partial charge on any atom is 0.0488 e. The van der Waals surface area contributed by atoms with Gasteiger partial charge in [0, 0.05) is 18.3 Å². The Balaban J connectivity index is 2.00. The molecule has 21 heavy (non-hydrogen) atoms. The Morgan fingerprint density at radius 2 is 1.33 bits per heavy atom. The van der Waals surface area contributed by atoms with E-state index in [2.05, 4.69) is 25.1 Å². The van der Waals surface area contributed by atoms with Crippen LogP contribution >= 0.6 is 0 Å². The molecule has 0 atom stereocenters. The van der Waals surface area contributed by atoms with Crippen molar-refractivity contribution in [1.82, 2.24) is 0 Å². The Hall–Kier alpha value is -1.42. The predicted molar refractivity (Wildman–Crippen MR) is 94.5 cm³/mol. The first-order valence-corrected chi connectivity index (χ1v) is 8.67. The molecule has 0 saturated heterocycles. The second-order valence-electron chi connectivity index (χ2n) is 5.80. The van der Waals surface area contributed by atoms with E-state index in [4.69, 9.17) is 6.42 Å². The van der Waals surface area contributed by atoms with Gasteiger partial charge >= 0.3 is 0 Å². The zero-order valence-electron chi connectivity index (χ0n) is 13.7. The zero-order chi connectivity index (χ0) is 15.2. The van der Waals surface area contributed by atoms with Gasteiger partial charge in [0.05, 0.1) is 0 Å². The van der Waals surface area contributed by atoms with Gasteiger partial charge in [0.15, 0.2) is 0 Å². The highest BCUT2D eigenvalue weighted by atomic mass is 15.1. The average Bonchev–Trinajstić information content (AvgIpc) is 2.54. The molecule has 0 heterocycles. The molecule has 0 aromatic heterocycles. The highest BCUT2D eigenvalue weighted by molar-refractivity contribution is 5.50. The van der Waals surface area contributed by atoms with Crippen molar-refractivity contribution >= 4 is 5.69 Å². The largest absolute Gasteiger partial charge is 0.302 e. The van der Waals surface area contributed by atoms with Gasteiger partial charge in [-0.2, -0.15) is 0 Å². The third-order valence-electron chi connectivity index (χ3n) is 3.96. The number of benzene rings is 1. The molecule has 0 aliphatic carbocycles. The van der Waals surface area contributed by atoms with E-state index in [9.17, 15) is 0 Å². The molecular weight excluding hydrogens is 254 g/mol. The topological polar surface area (TPSA) is 3.24 Å². The first kappa shape index (κ1) is 17.6. The zero-order valence-corrected chi connectivity index (χ0v) is 13.7. The van der Waals surface area contributed by atoms with Crippen LogP contribution in [-0.4, -0.2) is 6.54 Å². The van der Waals surface area contributed by atoms with Gasteiger partial charge in [-0.15, -0.1) is 0 Å². The van der Waals surface area contributed by atoms with Crippen LogP contribution in [0.1, 0.15) is 71.1 Å². The van der Waals surface area contributed by atoms with Gasteiger partial charge in [-0.3, -0.25) is 0 Å². The fourth-order valence-electron chi connectivity index (χ4n) is 2.63. The SMILES string of the molecule is C#CN(CCCCCCCCCCCC)c1ccccc1. The number of anilines is 1. The summed E-state index contributed by atoms with van der Waals surface area (Å²) in [5.41, 5.74) is 1.14. The van der Waals surface area contributed by atoms with Crippen LogP contribution in [-0.2, 0) is 0 Å². The standard InChI is InChI=1S/C20H31N/c1-3-5-6-7-8-9-10-11-12-16-19-21(4-2)20-17-14-13-15-18-20/h2,13-15,17-18H,3,5-12,16,19H2,1H3. The van der Waals surface area contributed by atoms with Gasteiger partial charge in [-0.1, -0.05) is 89.3 Å². The fraction of sp³-hybridized carbons (Fsp3) is 0.600. The van der Waals surface area contributed by atoms with E-state index in [1.54, 1.807) is 0 Å². The second-order valence-corrected chi connectivity index (χ2v) is 5.80. The minimum atomic E-state index is 0.969. The predicted octanol–water partition coefficient (Wildman–Crippen LogP) is 6.00. The van der Waals surface area contributed by atoms with Crippen LogP contribution in [0, 0.1) is 12.5 Å². The molecule has 1 aromatic carbocycles. The molecular formula is C20H31N. The summed E-state index contributed by atoms with van der Waals surface area (Å²) in [5, 5.41) is 0. The number of nitrogens with zero attached hydrogens (tertiary/aromatic N) is 1. The van der Waals surface area contributed by atoms with Crippen molar-refractivity contribution in [1.29, 1.82) is 0 Å². The Morgan fingerprint density at radius 3 is 1.86 bits per heavy atom. The van der Waals surface area contributed by atoms with Crippen molar-refractivity contribution in [3.63, 3.8) is 0 Å². The third-order valence-corrected chi connectivity index (χ3v) is 3.96. The Labute approximate surface area is 131 Å². The fourth-order valence-corrected chi connectivity index (χ4v) is 2.63. The average molecular weight is 285 g/mol. The van der Waals surface area contributed by atoms with Crippen molar-refractivity contribution in [2.75, 3.05) is 11.4 Å². The number of rotatable bonds is 12. The first-order chi connectivity index (χ1) is 10.4. The smallest absolute Gasteiger partial charge is 0.0488 e. The lowest BCUT2D eigenvalue weighted by Gasteiger charge is -2.17. The first-order valence-electron chi connectivity index (χ1n) is 8.67. The molecule has 0 radical (unpaired) electrons. The summed E-state index contributed by atoms with van der Waals surface area (Å²) in [7, 11) is 0. The quantitative estimate of drug-likeness (QED) is 0.258. The van der Waals surface area contributed by atoms with Gasteiger partial charge in [0.2, 0.25) is 0 Å². The molecule has 0 bridgehead atoms. The lowest BCUT2D eigenvalue weighted by Crippen LogP contribution is -2.17. The molecule has 0 amide bonds. The molecule has 0 spiro atoms. The summed E-state index contributed by atoms with van der Waals surface area (Å²) in [5.74, 6) is 0. The van der Waals surface area contributed by atoms with Crippen LogP contribution in [0.15, 0.2) is 30.3 Å². The number of terminal acetylenes is 1. The number of para-hydroxylation sites is 1. The summed E-state index contributed by atoms with van der Waals surface area (Å²) in [6, 6.07) is 13.0. The summed E-state index contributed by atoms with van der Waals surface area (Å²) in [6.07, 6.45) is 19.2. The molecule has 0 saturated carbocycles. The van der Waals surface area contributed by atoms with E-state index in [-0.39, 0.29) is 0 Å². The minimum Gasteiger partial charge on any atom is -0.302 e. The van der Waals surface area contributed by atoms with Crippen molar-refractivity contribution in [2.45, 2.75) is 71.1 Å². The summed E-state index contributed by atoms with van der Waals surface area (Å²) >= 11 is 0. The van der Waals surface area contributed by atoms with Crippen molar-refractivity contribution in [2.24, 2.45) is 0 Å². The van der Waals surface area contributed by atoms with E-state index in [0.717, 1.165) is 12.2 Å².